The first-order valence-electron chi connectivity index (χ1n) is 8.12. The van der Waals surface area contributed by atoms with E-state index >= 15 is 0 Å². The molecule has 1 fully saturated rings. The summed E-state index contributed by atoms with van der Waals surface area (Å²) in [4.78, 5) is 11.9. The Morgan fingerprint density at radius 1 is 1.27 bits per heavy atom. The Kier molecular flexibility index (Phi) is 4.25. The van der Waals surface area contributed by atoms with Crippen LogP contribution in [0.4, 0.5) is 0 Å². The Labute approximate surface area is 132 Å². The molecule has 1 aliphatic heterocycles. The molecule has 0 unspecified atom stereocenters. The van der Waals surface area contributed by atoms with Crippen molar-refractivity contribution in [3.63, 3.8) is 0 Å². The first-order valence-corrected chi connectivity index (χ1v) is 8.12. The van der Waals surface area contributed by atoms with Gasteiger partial charge in [-0.25, -0.2) is 9.97 Å². The minimum Gasteiger partial charge on any atom is -0.300 e. The molecule has 0 radical (unpaired) electrons. The van der Waals surface area contributed by atoms with Crippen molar-refractivity contribution in [3.8, 4) is 11.4 Å². The van der Waals surface area contributed by atoms with Crippen molar-refractivity contribution in [1.82, 2.24) is 24.6 Å². The van der Waals surface area contributed by atoms with Crippen molar-refractivity contribution >= 4 is 0 Å². The molecule has 0 bridgehead atoms. The van der Waals surface area contributed by atoms with Crippen molar-refractivity contribution in [2.24, 2.45) is 7.05 Å². The highest BCUT2D eigenvalue weighted by Crippen LogP contribution is 2.28. The molecule has 2 aromatic rings. The van der Waals surface area contributed by atoms with E-state index in [0.29, 0.717) is 12.0 Å². The molecule has 118 valence electrons. The monoisotopic (exact) mass is 299 g/mol. The third kappa shape index (κ3) is 3.04. The maximum absolute atomic E-state index is 4.72. The molecule has 1 atom stereocenters. The Morgan fingerprint density at radius 2 is 2.09 bits per heavy atom. The molecule has 0 spiro atoms. The zero-order valence-electron chi connectivity index (χ0n) is 14.0. The lowest BCUT2D eigenvalue weighted by Crippen LogP contribution is -2.39. The van der Waals surface area contributed by atoms with E-state index in [1.54, 1.807) is 0 Å². The molecule has 1 saturated heterocycles. The molecule has 0 N–H and O–H groups in total. The van der Waals surface area contributed by atoms with Gasteiger partial charge < -0.3 is 4.90 Å². The molecule has 0 aromatic carbocycles. The summed E-state index contributed by atoms with van der Waals surface area (Å²) in [6, 6.07) is 4.76. The first-order chi connectivity index (χ1) is 10.5. The molecule has 5 heteroatoms. The Hall–Kier alpha value is -1.75. The van der Waals surface area contributed by atoms with E-state index in [2.05, 4.69) is 34.9 Å². The second kappa shape index (κ2) is 6.16. The maximum atomic E-state index is 4.72. The van der Waals surface area contributed by atoms with Gasteiger partial charge in [-0.15, -0.1) is 0 Å². The lowest BCUT2D eigenvalue weighted by atomic mass is 9.93. The molecule has 22 heavy (non-hydrogen) atoms. The van der Waals surface area contributed by atoms with Crippen molar-refractivity contribution in [2.75, 3.05) is 13.1 Å². The summed E-state index contributed by atoms with van der Waals surface area (Å²) in [6.07, 6.45) is 4.27. The van der Waals surface area contributed by atoms with Gasteiger partial charge in [-0.3, -0.25) is 4.68 Å². The fraction of sp³-hybridized carbons (Fsp3) is 0.588. The predicted molar refractivity (Wildman–Crippen MR) is 87.7 cm³/mol. The van der Waals surface area contributed by atoms with Crippen LogP contribution >= 0.6 is 0 Å². The van der Waals surface area contributed by atoms with Crippen molar-refractivity contribution in [1.29, 1.82) is 0 Å². The quantitative estimate of drug-likeness (QED) is 0.874. The van der Waals surface area contributed by atoms with Crippen LogP contribution in [0.25, 0.3) is 11.4 Å². The van der Waals surface area contributed by atoms with E-state index < -0.39 is 0 Å². The molecule has 3 rings (SSSR count). The number of likely N-dealkylation sites (tertiary alicyclic amines) is 1. The van der Waals surface area contributed by atoms with Crippen LogP contribution in [-0.2, 0) is 7.05 Å². The Balaban J connectivity index is 1.91. The van der Waals surface area contributed by atoms with Gasteiger partial charge >= 0.3 is 0 Å². The fourth-order valence-electron chi connectivity index (χ4n) is 3.27. The van der Waals surface area contributed by atoms with E-state index in [1.807, 2.05) is 30.9 Å². The molecule has 1 aliphatic rings. The average molecular weight is 299 g/mol. The standard InChI is InChI=1S/C17H25N5/c1-12(2)22-9-5-6-14(11-22)15-10-16(20-13(3)19-15)17-7-8-18-21(17)4/h7-8,10,12,14H,5-6,9,11H2,1-4H3/t14-/m1/s1. The Bertz CT molecular complexity index is 646. The highest BCUT2D eigenvalue weighted by Gasteiger charge is 2.24. The van der Waals surface area contributed by atoms with Crippen LogP contribution in [-0.4, -0.2) is 43.8 Å². The molecular formula is C17H25N5. The van der Waals surface area contributed by atoms with Gasteiger partial charge in [0.15, 0.2) is 0 Å². The summed E-state index contributed by atoms with van der Waals surface area (Å²) in [6.45, 7) is 8.82. The van der Waals surface area contributed by atoms with Crippen LogP contribution in [0.3, 0.4) is 0 Å². The van der Waals surface area contributed by atoms with E-state index in [-0.39, 0.29) is 0 Å². The van der Waals surface area contributed by atoms with Gasteiger partial charge in [0, 0.05) is 37.4 Å². The smallest absolute Gasteiger partial charge is 0.126 e. The number of hydrogen-bond acceptors (Lipinski definition) is 4. The third-order valence-electron chi connectivity index (χ3n) is 4.54. The third-order valence-corrected chi connectivity index (χ3v) is 4.54. The van der Waals surface area contributed by atoms with E-state index in [0.717, 1.165) is 23.8 Å². The van der Waals surface area contributed by atoms with Crippen LogP contribution in [0.1, 0.15) is 44.1 Å². The topological polar surface area (TPSA) is 46.8 Å². The largest absolute Gasteiger partial charge is 0.300 e. The number of hydrogen-bond donors (Lipinski definition) is 0. The summed E-state index contributed by atoms with van der Waals surface area (Å²) in [7, 11) is 1.95. The van der Waals surface area contributed by atoms with Crippen molar-refractivity contribution < 1.29 is 0 Å². The Morgan fingerprint density at radius 3 is 2.77 bits per heavy atom. The number of piperidine rings is 1. The van der Waals surface area contributed by atoms with Crippen LogP contribution in [0.5, 0.6) is 0 Å². The van der Waals surface area contributed by atoms with E-state index in [1.165, 1.54) is 25.1 Å². The van der Waals surface area contributed by atoms with Crippen LogP contribution in [0.15, 0.2) is 18.3 Å². The number of aryl methyl sites for hydroxylation is 2. The van der Waals surface area contributed by atoms with Gasteiger partial charge in [0.05, 0.1) is 11.4 Å². The van der Waals surface area contributed by atoms with E-state index in [4.69, 9.17) is 4.98 Å². The molecule has 3 heterocycles. The second-order valence-electron chi connectivity index (χ2n) is 6.49. The highest BCUT2D eigenvalue weighted by molar-refractivity contribution is 5.54. The predicted octanol–water partition coefficient (Wildman–Crippen LogP) is 2.77. The zero-order chi connectivity index (χ0) is 15.7. The fourth-order valence-corrected chi connectivity index (χ4v) is 3.27. The molecule has 0 saturated carbocycles. The number of aromatic nitrogens is 4. The van der Waals surface area contributed by atoms with Gasteiger partial charge in [-0.1, -0.05) is 0 Å². The highest BCUT2D eigenvalue weighted by atomic mass is 15.3. The molecular weight excluding hydrogens is 274 g/mol. The lowest BCUT2D eigenvalue weighted by Gasteiger charge is -2.35. The van der Waals surface area contributed by atoms with Crippen LogP contribution in [0, 0.1) is 6.92 Å². The SMILES string of the molecule is Cc1nc(-c2ccnn2C)cc([C@@H]2CCCN(C(C)C)C2)n1. The first kappa shape index (κ1) is 15.2. The van der Waals surface area contributed by atoms with Gasteiger partial charge in [0.2, 0.25) is 0 Å². The zero-order valence-corrected chi connectivity index (χ0v) is 14.0. The van der Waals surface area contributed by atoms with Gasteiger partial charge in [-0.05, 0) is 52.3 Å². The van der Waals surface area contributed by atoms with Gasteiger partial charge in [-0.2, -0.15) is 5.10 Å². The van der Waals surface area contributed by atoms with Crippen LogP contribution in [0.2, 0.25) is 0 Å². The van der Waals surface area contributed by atoms with E-state index in [9.17, 15) is 0 Å². The molecule has 2 aromatic heterocycles. The van der Waals surface area contributed by atoms with Gasteiger partial charge in [0.25, 0.3) is 0 Å². The molecule has 0 amide bonds. The molecule has 5 nitrogen and oxygen atoms in total. The minimum absolute atomic E-state index is 0.504. The number of rotatable bonds is 3. The van der Waals surface area contributed by atoms with Crippen molar-refractivity contribution in [2.45, 2.75) is 45.6 Å². The summed E-state index contributed by atoms with van der Waals surface area (Å²) in [5.74, 6) is 1.35. The second-order valence-corrected chi connectivity index (χ2v) is 6.49. The normalized spacial score (nSPS) is 19.8. The lowest BCUT2D eigenvalue weighted by molar-refractivity contribution is 0.166. The average Bonchev–Trinajstić information content (AvgIpc) is 2.93. The van der Waals surface area contributed by atoms with Crippen molar-refractivity contribution in [3.05, 3.63) is 29.8 Å². The number of nitrogens with zero attached hydrogens (tertiary/aromatic N) is 5. The summed E-state index contributed by atoms with van der Waals surface area (Å²) < 4.78 is 1.87. The summed E-state index contributed by atoms with van der Waals surface area (Å²) in [5.41, 5.74) is 3.20. The van der Waals surface area contributed by atoms with Gasteiger partial charge in [0.1, 0.15) is 5.82 Å². The summed E-state index contributed by atoms with van der Waals surface area (Å²) >= 11 is 0. The molecule has 0 aliphatic carbocycles. The maximum Gasteiger partial charge on any atom is 0.126 e. The summed E-state index contributed by atoms with van der Waals surface area (Å²) in [5, 5.41) is 4.25. The van der Waals surface area contributed by atoms with Crippen LogP contribution < -0.4 is 0 Å². The minimum atomic E-state index is 0.504.